The number of aliphatic hydroxyl groups excluding tert-OH is 2. The summed E-state index contributed by atoms with van der Waals surface area (Å²) in [6.45, 7) is 3.25. The highest BCUT2D eigenvalue weighted by Gasteiger charge is 2.47. The lowest BCUT2D eigenvalue weighted by Crippen LogP contribution is -2.65. The van der Waals surface area contributed by atoms with E-state index >= 15 is 0 Å². The van der Waals surface area contributed by atoms with Crippen LogP contribution in [0.3, 0.4) is 0 Å². The number of hydrogen-bond donors (Lipinski definition) is 4. The molecule has 0 spiro atoms. The Bertz CT molecular complexity index is 250. The van der Waals surface area contributed by atoms with E-state index in [0.717, 1.165) is 0 Å². The van der Waals surface area contributed by atoms with Crippen molar-refractivity contribution >= 4 is 18.5 Å². The molecule has 0 radical (unpaired) electrons. The number of hydrogen-bond acceptors (Lipinski definition) is 5. The van der Waals surface area contributed by atoms with E-state index in [1.807, 2.05) is 6.92 Å². The third kappa shape index (κ3) is 2.63. The Morgan fingerprint density at radius 2 is 2.27 bits per heavy atom. The van der Waals surface area contributed by atoms with Crippen LogP contribution in [0.25, 0.3) is 0 Å². The van der Waals surface area contributed by atoms with Crippen molar-refractivity contribution < 1.29 is 19.7 Å². The summed E-state index contributed by atoms with van der Waals surface area (Å²) in [5.74, 6) is -0.324. The van der Waals surface area contributed by atoms with Crippen molar-refractivity contribution in [2.24, 2.45) is 0 Å². The van der Waals surface area contributed by atoms with Gasteiger partial charge in [-0.25, -0.2) is 0 Å². The third-order valence-corrected chi connectivity index (χ3v) is 3.01. The number of ether oxygens (including phenoxy) is 1. The lowest BCUT2D eigenvalue weighted by molar-refractivity contribution is -0.162. The first-order valence-corrected chi connectivity index (χ1v) is 5.34. The van der Waals surface area contributed by atoms with Crippen molar-refractivity contribution in [2.45, 2.75) is 43.5 Å². The van der Waals surface area contributed by atoms with E-state index in [-0.39, 0.29) is 12.5 Å². The fourth-order valence-corrected chi connectivity index (χ4v) is 2.06. The van der Waals surface area contributed by atoms with Gasteiger partial charge in [0.05, 0.1) is 12.7 Å². The zero-order valence-electron chi connectivity index (χ0n) is 8.80. The molecule has 4 atom stereocenters. The molecule has 1 aliphatic rings. The number of rotatable bonds is 2. The zero-order valence-corrected chi connectivity index (χ0v) is 9.70. The molecule has 0 bridgehead atoms. The highest BCUT2D eigenvalue weighted by molar-refractivity contribution is 7.81. The summed E-state index contributed by atoms with van der Waals surface area (Å²) in [6, 6.07) is 0. The lowest BCUT2D eigenvalue weighted by Gasteiger charge is -2.43. The predicted octanol–water partition coefficient (Wildman–Crippen LogP) is -0.721. The van der Waals surface area contributed by atoms with E-state index in [4.69, 9.17) is 4.74 Å². The van der Waals surface area contributed by atoms with Crippen LogP contribution in [0, 0.1) is 0 Å². The molecular weight excluding hydrogens is 218 g/mol. The van der Waals surface area contributed by atoms with E-state index in [1.54, 1.807) is 0 Å². The highest BCUT2D eigenvalue weighted by Crippen LogP contribution is 2.28. The summed E-state index contributed by atoms with van der Waals surface area (Å²) in [4.78, 5) is 9.70. The summed E-state index contributed by atoms with van der Waals surface area (Å²) in [7, 11) is 0. The number of carbonyl (C=O) groups is 1. The number of nitrogens with one attached hydrogen (secondary N) is 1. The van der Waals surface area contributed by atoms with Gasteiger partial charge in [-0.3, -0.25) is 4.79 Å². The molecule has 15 heavy (non-hydrogen) atoms. The average molecular weight is 235 g/mol. The summed E-state index contributed by atoms with van der Waals surface area (Å²) in [5.41, 5.74) is 0. The minimum atomic E-state index is -1.21. The van der Waals surface area contributed by atoms with Gasteiger partial charge in [-0.1, -0.05) is 6.92 Å². The van der Waals surface area contributed by atoms with E-state index in [2.05, 4.69) is 17.9 Å². The van der Waals surface area contributed by atoms with Crippen LogP contribution in [-0.2, 0) is 9.53 Å². The molecular formula is C9H17NO4S. The molecule has 6 heteroatoms. The summed E-state index contributed by atoms with van der Waals surface area (Å²) in [5, 5.41) is 22.0. The van der Waals surface area contributed by atoms with Crippen LogP contribution in [0.4, 0.5) is 0 Å². The molecule has 1 unspecified atom stereocenters. The molecule has 1 saturated heterocycles. The van der Waals surface area contributed by atoms with Crippen molar-refractivity contribution in [1.82, 2.24) is 5.32 Å². The molecule has 5 nitrogen and oxygen atoms in total. The van der Waals surface area contributed by atoms with Crippen LogP contribution in [0.15, 0.2) is 0 Å². The number of thiol groups is 1. The van der Waals surface area contributed by atoms with Gasteiger partial charge < -0.3 is 20.3 Å². The van der Waals surface area contributed by atoms with Gasteiger partial charge in [-0.15, -0.1) is 12.6 Å². The Balaban J connectivity index is 2.74. The first-order chi connectivity index (χ1) is 6.90. The zero-order chi connectivity index (χ0) is 11.6. The molecule has 3 N–H and O–H groups in total. The number of amides is 1. The molecule has 1 heterocycles. The fraction of sp³-hybridized carbons (Fsp3) is 0.889. The Kier molecular flexibility index (Phi) is 3.99. The Labute approximate surface area is 94.2 Å². The van der Waals surface area contributed by atoms with Crippen molar-refractivity contribution in [1.29, 1.82) is 0 Å². The van der Waals surface area contributed by atoms with E-state index in [1.165, 1.54) is 6.92 Å². The van der Waals surface area contributed by atoms with Crippen LogP contribution < -0.4 is 5.32 Å². The summed E-state index contributed by atoms with van der Waals surface area (Å²) >= 11 is 4.16. The molecule has 0 saturated carbocycles. The van der Waals surface area contributed by atoms with Gasteiger partial charge in [0.15, 0.2) is 0 Å². The van der Waals surface area contributed by atoms with E-state index < -0.39 is 23.2 Å². The Morgan fingerprint density at radius 3 is 2.73 bits per heavy atom. The first-order valence-electron chi connectivity index (χ1n) is 4.89. The third-order valence-electron chi connectivity index (χ3n) is 2.51. The minimum Gasteiger partial charge on any atom is -0.388 e. The van der Waals surface area contributed by atoms with Gasteiger partial charge in [0, 0.05) is 6.92 Å². The van der Waals surface area contributed by atoms with Crippen molar-refractivity contribution in [3.63, 3.8) is 0 Å². The summed E-state index contributed by atoms with van der Waals surface area (Å²) in [6.07, 6.45) is -1.98. The quantitative estimate of drug-likeness (QED) is 0.376. The molecule has 1 fully saturated rings. The lowest BCUT2D eigenvalue weighted by atomic mass is 9.96. The fourth-order valence-electron chi connectivity index (χ4n) is 1.68. The highest BCUT2D eigenvalue weighted by atomic mass is 32.1. The predicted molar refractivity (Wildman–Crippen MR) is 57.6 cm³/mol. The molecule has 0 aromatic heterocycles. The maximum Gasteiger partial charge on any atom is 0.218 e. The van der Waals surface area contributed by atoms with Crippen molar-refractivity contribution in [3.05, 3.63) is 0 Å². The van der Waals surface area contributed by atoms with Crippen LogP contribution in [-0.4, -0.2) is 45.9 Å². The standard InChI is InChI=1S/C9H17NO4S/c1-3-6-7(12)8(13)9(15,4-14-6)10-5(2)11/h6-8,12-13,15H,3-4H2,1-2H3,(H,10,11)/t6-,7+,8+,9?/m1/s1. The van der Waals surface area contributed by atoms with Crippen LogP contribution in [0.2, 0.25) is 0 Å². The maximum absolute atomic E-state index is 10.9. The van der Waals surface area contributed by atoms with Gasteiger partial charge in [0.1, 0.15) is 17.1 Å². The maximum atomic E-state index is 10.9. The molecule has 1 aliphatic heterocycles. The average Bonchev–Trinajstić information content (AvgIpc) is 2.14. The van der Waals surface area contributed by atoms with Gasteiger partial charge in [-0.05, 0) is 6.42 Å². The monoisotopic (exact) mass is 235 g/mol. The van der Waals surface area contributed by atoms with Gasteiger partial charge >= 0.3 is 0 Å². The molecule has 88 valence electrons. The second kappa shape index (κ2) is 4.69. The second-order valence-corrected chi connectivity index (χ2v) is 4.60. The van der Waals surface area contributed by atoms with Gasteiger partial charge in [0.2, 0.25) is 5.91 Å². The van der Waals surface area contributed by atoms with Gasteiger partial charge in [-0.2, -0.15) is 0 Å². The second-order valence-electron chi connectivity index (χ2n) is 3.80. The smallest absolute Gasteiger partial charge is 0.218 e. The SMILES string of the molecule is CC[C@H]1OCC(S)(NC(C)=O)[C@@H](O)[C@H]1O. The van der Waals surface area contributed by atoms with Gasteiger partial charge in [0.25, 0.3) is 0 Å². The largest absolute Gasteiger partial charge is 0.388 e. The Hall–Kier alpha value is -0.300. The minimum absolute atomic E-state index is 0.0758. The molecule has 1 rings (SSSR count). The Morgan fingerprint density at radius 1 is 1.67 bits per heavy atom. The summed E-state index contributed by atoms with van der Waals surface area (Å²) < 4.78 is 5.33. The molecule has 0 aromatic carbocycles. The van der Waals surface area contributed by atoms with E-state index in [0.29, 0.717) is 6.42 Å². The van der Waals surface area contributed by atoms with Crippen molar-refractivity contribution in [2.75, 3.05) is 6.61 Å². The van der Waals surface area contributed by atoms with Crippen LogP contribution >= 0.6 is 12.6 Å². The number of carbonyl (C=O) groups excluding carboxylic acids is 1. The first kappa shape index (κ1) is 12.8. The van der Waals surface area contributed by atoms with Crippen molar-refractivity contribution in [3.8, 4) is 0 Å². The normalized spacial score (nSPS) is 41.3. The number of aliphatic hydroxyl groups is 2. The molecule has 0 aliphatic carbocycles. The van der Waals surface area contributed by atoms with E-state index in [9.17, 15) is 15.0 Å². The topological polar surface area (TPSA) is 78.8 Å². The molecule has 1 amide bonds. The molecule has 0 aromatic rings. The van der Waals surface area contributed by atoms with Crippen LogP contribution in [0.1, 0.15) is 20.3 Å². The van der Waals surface area contributed by atoms with Crippen LogP contribution in [0.5, 0.6) is 0 Å².